The highest BCUT2D eigenvalue weighted by Gasteiger charge is 2.43. The maximum atomic E-state index is 13.0. The fraction of sp³-hybridized carbons (Fsp3) is 0.417. The van der Waals surface area contributed by atoms with Gasteiger partial charge in [0.05, 0.1) is 0 Å². The second-order valence-corrected chi connectivity index (χ2v) is 5.56. The van der Waals surface area contributed by atoms with Crippen molar-refractivity contribution in [3.63, 3.8) is 0 Å². The van der Waals surface area contributed by atoms with Crippen molar-refractivity contribution in [2.45, 2.75) is 24.2 Å². The van der Waals surface area contributed by atoms with Crippen molar-refractivity contribution in [1.29, 1.82) is 0 Å². The van der Waals surface area contributed by atoms with Gasteiger partial charge in [0.15, 0.2) is 0 Å². The van der Waals surface area contributed by atoms with E-state index in [0.717, 1.165) is 23.5 Å². The van der Waals surface area contributed by atoms with Crippen LogP contribution in [0.15, 0.2) is 34.3 Å². The van der Waals surface area contributed by atoms with Crippen LogP contribution >= 0.6 is 11.8 Å². The minimum atomic E-state index is -0.212. The normalized spacial score (nSPS) is 18.1. The third-order valence-corrected chi connectivity index (χ3v) is 4.33. The molecule has 0 bridgehead atoms. The second-order valence-electron chi connectivity index (χ2n) is 4.51. The molecule has 0 heterocycles. The Hall–Kier alpha value is -1.23. The molecule has 3 N–H and O–H groups in total. The fourth-order valence-electron chi connectivity index (χ4n) is 1.76. The molecule has 2 rings (SSSR count). The van der Waals surface area contributed by atoms with Crippen LogP contribution in [-0.2, 0) is 0 Å². The predicted molar refractivity (Wildman–Crippen MR) is 66.8 cm³/mol. The Kier molecular flexibility index (Phi) is 3.57. The number of thioether (sulfide) groups is 1. The second kappa shape index (κ2) is 4.96. The Bertz CT molecular complexity index is 432. The molecule has 1 saturated carbocycles. The molecule has 1 aliphatic rings. The van der Waals surface area contributed by atoms with Crippen molar-refractivity contribution in [3.8, 4) is 0 Å². The average molecular weight is 254 g/mol. The van der Waals surface area contributed by atoms with Gasteiger partial charge in [-0.05, 0) is 36.5 Å². The van der Waals surface area contributed by atoms with Gasteiger partial charge in [-0.3, -0.25) is 0 Å². The summed E-state index contributed by atoms with van der Waals surface area (Å²) in [7, 11) is 0. The molecule has 0 atom stereocenters. The van der Waals surface area contributed by atoms with Crippen LogP contribution in [0.3, 0.4) is 0 Å². The molecule has 1 aliphatic carbocycles. The predicted octanol–water partition coefficient (Wildman–Crippen LogP) is 2.83. The molecule has 17 heavy (non-hydrogen) atoms. The van der Waals surface area contributed by atoms with Crippen LogP contribution in [0.25, 0.3) is 0 Å². The minimum absolute atomic E-state index is 0.146. The highest BCUT2D eigenvalue weighted by Crippen LogP contribution is 2.51. The molecule has 0 aromatic heterocycles. The summed E-state index contributed by atoms with van der Waals surface area (Å²) in [5.41, 5.74) is 5.67. The van der Waals surface area contributed by atoms with Gasteiger partial charge >= 0.3 is 0 Å². The van der Waals surface area contributed by atoms with Gasteiger partial charge in [0, 0.05) is 17.1 Å². The van der Waals surface area contributed by atoms with Crippen molar-refractivity contribution < 1.29 is 9.60 Å². The third kappa shape index (κ3) is 3.36. The Morgan fingerprint density at radius 1 is 1.53 bits per heavy atom. The molecular weight excluding hydrogens is 239 g/mol. The first-order valence-corrected chi connectivity index (χ1v) is 6.47. The summed E-state index contributed by atoms with van der Waals surface area (Å²) in [6.45, 7) is 0. The molecule has 0 radical (unpaired) electrons. The van der Waals surface area contributed by atoms with Gasteiger partial charge in [0.25, 0.3) is 0 Å². The lowest BCUT2D eigenvalue weighted by Gasteiger charge is -2.13. The van der Waals surface area contributed by atoms with Gasteiger partial charge in [0.2, 0.25) is 0 Å². The lowest BCUT2D eigenvalue weighted by Crippen LogP contribution is -2.19. The van der Waals surface area contributed by atoms with Gasteiger partial charge in [-0.2, -0.15) is 0 Å². The molecule has 0 amide bonds. The summed E-state index contributed by atoms with van der Waals surface area (Å²) < 4.78 is 13.0. The summed E-state index contributed by atoms with van der Waals surface area (Å²) in [5.74, 6) is 0.950. The lowest BCUT2D eigenvalue weighted by atomic mass is 10.1. The summed E-state index contributed by atoms with van der Waals surface area (Å²) >= 11 is 1.62. The van der Waals surface area contributed by atoms with E-state index in [-0.39, 0.29) is 17.1 Å². The van der Waals surface area contributed by atoms with E-state index in [1.54, 1.807) is 17.8 Å². The van der Waals surface area contributed by atoms with E-state index in [0.29, 0.717) is 6.42 Å². The number of hydrogen-bond acceptors (Lipinski definition) is 3. The number of amidine groups is 1. The molecule has 1 fully saturated rings. The van der Waals surface area contributed by atoms with Crippen molar-refractivity contribution in [2.75, 3.05) is 5.75 Å². The number of halogens is 1. The quantitative estimate of drug-likeness (QED) is 0.279. The highest BCUT2D eigenvalue weighted by molar-refractivity contribution is 7.99. The first-order valence-electron chi connectivity index (χ1n) is 5.48. The van der Waals surface area contributed by atoms with E-state index in [1.165, 1.54) is 12.1 Å². The number of oxime groups is 1. The molecule has 0 aliphatic heterocycles. The summed E-state index contributed by atoms with van der Waals surface area (Å²) in [6.07, 6.45) is 2.79. The van der Waals surface area contributed by atoms with Crippen LogP contribution in [0.4, 0.5) is 4.39 Å². The molecular formula is C12H15FN2OS. The van der Waals surface area contributed by atoms with Crippen molar-refractivity contribution in [1.82, 2.24) is 0 Å². The van der Waals surface area contributed by atoms with Crippen LogP contribution in [0.1, 0.15) is 19.3 Å². The smallest absolute Gasteiger partial charge is 0.139 e. The third-order valence-electron chi connectivity index (χ3n) is 2.98. The number of nitrogens with two attached hydrogens (primary N) is 1. The maximum Gasteiger partial charge on any atom is 0.139 e. The van der Waals surface area contributed by atoms with Crippen molar-refractivity contribution in [2.24, 2.45) is 16.3 Å². The van der Waals surface area contributed by atoms with Crippen molar-refractivity contribution in [3.05, 3.63) is 30.1 Å². The lowest BCUT2D eigenvalue weighted by molar-refractivity contribution is 0.315. The number of hydrogen-bond donors (Lipinski definition) is 2. The average Bonchev–Trinajstić information content (AvgIpc) is 3.07. The topological polar surface area (TPSA) is 58.6 Å². The molecule has 5 heteroatoms. The molecule has 1 aromatic rings. The summed E-state index contributed by atoms with van der Waals surface area (Å²) in [4.78, 5) is 0.927. The van der Waals surface area contributed by atoms with Crippen LogP contribution in [0, 0.1) is 11.2 Å². The van der Waals surface area contributed by atoms with Gasteiger partial charge in [-0.1, -0.05) is 11.2 Å². The van der Waals surface area contributed by atoms with Gasteiger partial charge in [-0.25, -0.2) is 4.39 Å². The Balaban J connectivity index is 1.90. The van der Waals surface area contributed by atoms with Crippen LogP contribution < -0.4 is 5.73 Å². The van der Waals surface area contributed by atoms with Crippen LogP contribution in [0.2, 0.25) is 0 Å². The van der Waals surface area contributed by atoms with Crippen LogP contribution in [-0.4, -0.2) is 16.8 Å². The van der Waals surface area contributed by atoms with Crippen molar-refractivity contribution >= 4 is 17.6 Å². The standard InChI is InChI=1S/C12H15FN2OS/c13-9-2-1-3-10(6-9)17-8-12(4-5-12)7-11(14)15-16/h1-3,6,16H,4-5,7-8H2,(H2,14,15). The van der Waals surface area contributed by atoms with E-state index in [1.807, 2.05) is 6.07 Å². The number of rotatable bonds is 5. The molecule has 92 valence electrons. The van der Waals surface area contributed by atoms with E-state index >= 15 is 0 Å². The van der Waals surface area contributed by atoms with E-state index in [9.17, 15) is 4.39 Å². The van der Waals surface area contributed by atoms with E-state index in [2.05, 4.69) is 5.16 Å². The largest absolute Gasteiger partial charge is 0.409 e. The molecule has 1 aromatic carbocycles. The van der Waals surface area contributed by atoms with Gasteiger partial charge in [-0.15, -0.1) is 11.8 Å². The SMILES string of the molecule is NC(CC1(CSc2cccc(F)c2)CC1)=NO. The zero-order chi connectivity index (χ0) is 12.3. The Morgan fingerprint density at radius 2 is 2.29 bits per heavy atom. The Labute approximate surface area is 104 Å². The van der Waals surface area contributed by atoms with E-state index in [4.69, 9.17) is 10.9 Å². The fourth-order valence-corrected chi connectivity index (χ4v) is 3.00. The molecule has 0 saturated heterocycles. The molecule has 0 unspecified atom stereocenters. The first-order chi connectivity index (χ1) is 8.13. The van der Waals surface area contributed by atoms with Crippen LogP contribution in [0.5, 0.6) is 0 Å². The minimum Gasteiger partial charge on any atom is -0.409 e. The highest BCUT2D eigenvalue weighted by atomic mass is 32.2. The van der Waals surface area contributed by atoms with E-state index < -0.39 is 0 Å². The monoisotopic (exact) mass is 254 g/mol. The maximum absolute atomic E-state index is 13.0. The zero-order valence-electron chi connectivity index (χ0n) is 9.40. The molecule has 3 nitrogen and oxygen atoms in total. The van der Waals surface area contributed by atoms with Gasteiger partial charge in [0.1, 0.15) is 11.7 Å². The number of benzene rings is 1. The summed E-state index contributed by atoms with van der Waals surface area (Å²) in [5, 5.41) is 11.6. The Morgan fingerprint density at radius 3 is 2.88 bits per heavy atom. The summed E-state index contributed by atoms with van der Waals surface area (Å²) in [6, 6.07) is 6.58. The zero-order valence-corrected chi connectivity index (χ0v) is 10.2. The van der Waals surface area contributed by atoms with Gasteiger partial charge < -0.3 is 10.9 Å². The molecule has 0 spiro atoms. The number of nitrogens with zero attached hydrogens (tertiary/aromatic N) is 1. The first kappa shape index (κ1) is 12.2.